The Morgan fingerprint density at radius 1 is 1.08 bits per heavy atom. The van der Waals surface area contributed by atoms with Crippen LogP contribution in [0.15, 0.2) is 36.4 Å². The first kappa shape index (κ1) is 18.8. The summed E-state index contributed by atoms with van der Waals surface area (Å²) >= 11 is 0. The van der Waals surface area contributed by atoms with Crippen molar-refractivity contribution in [2.75, 3.05) is 33.3 Å². The van der Waals surface area contributed by atoms with Gasteiger partial charge in [0.25, 0.3) is 0 Å². The Morgan fingerprint density at radius 3 is 2.38 bits per heavy atom. The van der Waals surface area contributed by atoms with Gasteiger partial charge in [-0.1, -0.05) is 30.3 Å². The minimum atomic E-state index is -4.37. The average Bonchev–Trinajstić information content (AvgIpc) is 2.55. The van der Waals surface area contributed by atoms with Crippen LogP contribution in [0.1, 0.15) is 11.6 Å². The Labute approximate surface area is 145 Å². The molecule has 0 radical (unpaired) electrons. The molecule has 0 aromatic heterocycles. The Morgan fingerprint density at radius 2 is 1.75 bits per heavy atom. The topological polar surface area (TPSA) is 24.5 Å². The van der Waals surface area contributed by atoms with Crippen LogP contribution in [0.2, 0.25) is 0 Å². The van der Waals surface area contributed by atoms with Crippen molar-refractivity contribution in [3.8, 4) is 5.75 Å². The maximum Gasteiger partial charge on any atom is 0.408 e. The molecular weight excluding hydrogens is 341 g/mol. The van der Waals surface area contributed by atoms with Gasteiger partial charge in [0.1, 0.15) is 11.8 Å². The molecule has 0 amide bonds. The Hall–Kier alpha value is -1.50. The van der Waals surface area contributed by atoms with E-state index in [4.69, 9.17) is 4.74 Å². The third-order valence-electron chi connectivity index (χ3n) is 4.25. The molecule has 1 fully saturated rings. The number of nitrogens with one attached hydrogen (secondary N) is 1. The molecule has 24 heavy (non-hydrogen) atoms. The molecule has 1 aliphatic heterocycles. The second-order valence-electron chi connectivity index (χ2n) is 5.63. The summed E-state index contributed by atoms with van der Waals surface area (Å²) in [6, 6.07) is 8.90. The summed E-state index contributed by atoms with van der Waals surface area (Å²) in [5.74, 6) is 0.282. The van der Waals surface area contributed by atoms with Gasteiger partial charge in [0, 0.05) is 31.7 Å². The SMILES string of the molecule is COc1ccc2ccccc2c1[C@H](N1CCNCC1)C(F)(F)F.Cl. The number of methoxy groups -OCH3 is 1. The molecule has 1 N–H and O–H groups in total. The fourth-order valence-corrected chi connectivity index (χ4v) is 3.23. The number of ether oxygens (including phenoxy) is 1. The van der Waals surface area contributed by atoms with E-state index in [1.54, 1.807) is 24.3 Å². The monoisotopic (exact) mass is 360 g/mol. The van der Waals surface area contributed by atoms with Gasteiger partial charge in [0.2, 0.25) is 0 Å². The number of alkyl halides is 3. The van der Waals surface area contributed by atoms with Crippen LogP contribution in [0.4, 0.5) is 13.2 Å². The smallest absolute Gasteiger partial charge is 0.408 e. The lowest BCUT2D eigenvalue weighted by molar-refractivity contribution is -0.187. The van der Waals surface area contributed by atoms with Crippen molar-refractivity contribution < 1.29 is 17.9 Å². The highest BCUT2D eigenvalue weighted by Gasteiger charge is 2.46. The minimum Gasteiger partial charge on any atom is -0.496 e. The normalized spacial score (nSPS) is 17.3. The minimum absolute atomic E-state index is 0. The lowest BCUT2D eigenvalue weighted by atomic mass is 9.95. The van der Waals surface area contributed by atoms with Gasteiger partial charge in [-0.3, -0.25) is 4.90 Å². The standard InChI is InChI=1S/C17H19F3N2O.ClH/c1-23-14-7-6-12-4-2-3-5-13(12)15(14)16(17(18,19)20)22-10-8-21-9-11-22;/h2-7,16,21H,8-11H2,1H3;1H/t16-;/m0./s1. The quantitative estimate of drug-likeness (QED) is 0.901. The maximum absolute atomic E-state index is 13.9. The number of benzene rings is 2. The molecule has 0 spiro atoms. The van der Waals surface area contributed by atoms with E-state index in [1.165, 1.54) is 12.0 Å². The number of halogens is 4. The molecule has 1 heterocycles. The highest BCUT2D eigenvalue weighted by Crippen LogP contribution is 2.44. The van der Waals surface area contributed by atoms with Gasteiger partial charge >= 0.3 is 6.18 Å². The zero-order chi connectivity index (χ0) is 16.4. The molecule has 0 aliphatic carbocycles. The number of rotatable bonds is 3. The van der Waals surface area contributed by atoms with Crippen LogP contribution < -0.4 is 10.1 Å². The van der Waals surface area contributed by atoms with E-state index in [0.29, 0.717) is 31.6 Å². The molecule has 132 valence electrons. The number of fused-ring (bicyclic) bond motifs is 1. The van der Waals surface area contributed by atoms with E-state index in [1.807, 2.05) is 12.1 Å². The lowest BCUT2D eigenvalue weighted by Gasteiger charge is -2.37. The maximum atomic E-state index is 13.9. The van der Waals surface area contributed by atoms with E-state index < -0.39 is 12.2 Å². The molecule has 2 aromatic rings. The van der Waals surface area contributed by atoms with Crippen LogP contribution in [-0.4, -0.2) is 44.4 Å². The van der Waals surface area contributed by atoms with E-state index in [2.05, 4.69) is 5.32 Å². The molecule has 0 bridgehead atoms. The van der Waals surface area contributed by atoms with Crippen molar-refractivity contribution in [1.82, 2.24) is 10.2 Å². The number of hydrogen-bond acceptors (Lipinski definition) is 3. The Kier molecular flexibility index (Phi) is 5.96. The molecule has 3 nitrogen and oxygen atoms in total. The van der Waals surface area contributed by atoms with Crippen LogP contribution in [0, 0.1) is 0 Å². The number of hydrogen-bond donors (Lipinski definition) is 1. The lowest BCUT2D eigenvalue weighted by Crippen LogP contribution is -2.49. The fourth-order valence-electron chi connectivity index (χ4n) is 3.23. The zero-order valence-electron chi connectivity index (χ0n) is 13.3. The predicted molar refractivity (Wildman–Crippen MR) is 91.0 cm³/mol. The van der Waals surface area contributed by atoms with Gasteiger partial charge in [0.15, 0.2) is 0 Å². The summed E-state index contributed by atoms with van der Waals surface area (Å²) in [7, 11) is 1.42. The van der Waals surface area contributed by atoms with Gasteiger partial charge in [-0.05, 0) is 16.8 Å². The first-order valence-corrected chi connectivity index (χ1v) is 7.59. The van der Waals surface area contributed by atoms with Crippen molar-refractivity contribution in [3.05, 3.63) is 42.0 Å². The Balaban J connectivity index is 0.00000208. The van der Waals surface area contributed by atoms with Gasteiger partial charge in [-0.15, -0.1) is 12.4 Å². The molecule has 1 atom stereocenters. The van der Waals surface area contributed by atoms with Crippen LogP contribution in [0.3, 0.4) is 0 Å². The second-order valence-corrected chi connectivity index (χ2v) is 5.63. The zero-order valence-corrected chi connectivity index (χ0v) is 14.1. The summed E-state index contributed by atoms with van der Waals surface area (Å²) in [5, 5.41) is 4.47. The molecule has 1 aliphatic rings. The van der Waals surface area contributed by atoms with E-state index >= 15 is 0 Å². The van der Waals surface area contributed by atoms with Crippen LogP contribution in [0.5, 0.6) is 5.75 Å². The first-order chi connectivity index (χ1) is 11.0. The molecular formula is C17H20ClF3N2O. The van der Waals surface area contributed by atoms with Gasteiger partial charge in [0.05, 0.1) is 7.11 Å². The highest BCUT2D eigenvalue weighted by atomic mass is 35.5. The molecule has 7 heteroatoms. The van der Waals surface area contributed by atoms with Crippen LogP contribution >= 0.6 is 12.4 Å². The molecule has 3 rings (SSSR count). The van der Waals surface area contributed by atoms with Crippen molar-refractivity contribution >= 4 is 23.2 Å². The average molecular weight is 361 g/mol. The predicted octanol–water partition coefficient (Wildman–Crippen LogP) is 3.78. The van der Waals surface area contributed by atoms with Gasteiger partial charge in [-0.25, -0.2) is 0 Å². The van der Waals surface area contributed by atoms with Crippen molar-refractivity contribution in [2.45, 2.75) is 12.2 Å². The van der Waals surface area contributed by atoms with Crippen LogP contribution in [-0.2, 0) is 0 Å². The summed E-state index contributed by atoms with van der Waals surface area (Å²) in [6.07, 6.45) is -4.37. The largest absolute Gasteiger partial charge is 0.496 e. The Bertz CT molecular complexity index is 687. The van der Waals surface area contributed by atoms with Gasteiger partial charge < -0.3 is 10.1 Å². The third kappa shape index (κ3) is 3.61. The van der Waals surface area contributed by atoms with Crippen molar-refractivity contribution in [2.24, 2.45) is 0 Å². The summed E-state index contributed by atoms with van der Waals surface area (Å²) in [4.78, 5) is 1.49. The first-order valence-electron chi connectivity index (χ1n) is 7.59. The van der Waals surface area contributed by atoms with E-state index in [-0.39, 0.29) is 23.7 Å². The molecule has 0 saturated carbocycles. The van der Waals surface area contributed by atoms with Gasteiger partial charge in [-0.2, -0.15) is 13.2 Å². The number of piperazine rings is 1. The van der Waals surface area contributed by atoms with Crippen LogP contribution in [0.25, 0.3) is 10.8 Å². The summed E-state index contributed by atoms with van der Waals surface area (Å²) < 4.78 is 47.0. The van der Waals surface area contributed by atoms with E-state index in [0.717, 1.165) is 5.39 Å². The van der Waals surface area contributed by atoms with Crippen molar-refractivity contribution in [3.63, 3.8) is 0 Å². The van der Waals surface area contributed by atoms with E-state index in [9.17, 15) is 13.2 Å². The molecule has 0 unspecified atom stereocenters. The second kappa shape index (κ2) is 7.59. The molecule has 1 saturated heterocycles. The highest BCUT2D eigenvalue weighted by molar-refractivity contribution is 5.88. The van der Waals surface area contributed by atoms with Crippen molar-refractivity contribution in [1.29, 1.82) is 0 Å². The third-order valence-corrected chi connectivity index (χ3v) is 4.25. The molecule has 2 aromatic carbocycles. The summed E-state index contributed by atoms with van der Waals surface area (Å²) in [5.41, 5.74) is 0.208. The fraction of sp³-hybridized carbons (Fsp3) is 0.412. The number of nitrogens with zero attached hydrogens (tertiary/aromatic N) is 1. The summed E-state index contributed by atoms with van der Waals surface area (Å²) in [6.45, 7) is 1.83.